The summed E-state index contributed by atoms with van der Waals surface area (Å²) in [6.45, 7) is 1.77. The molecule has 0 atom stereocenters. The van der Waals surface area contributed by atoms with Crippen molar-refractivity contribution in [2.75, 3.05) is 0 Å². The second-order valence-electron chi connectivity index (χ2n) is 3.85. The summed E-state index contributed by atoms with van der Waals surface area (Å²) in [5, 5.41) is 11.7. The van der Waals surface area contributed by atoms with Gasteiger partial charge in [-0.15, -0.1) is 0 Å². The van der Waals surface area contributed by atoms with Gasteiger partial charge < -0.3 is 15.1 Å². The van der Waals surface area contributed by atoms with Crippen LogP contribution in [-0.2, 0) is 0 Å². The van der Waals surface area contributed by atoms with E-state index in [1.54, 1.807) is 6.92 Å². The fraction of sp³-hybridized carbons (Fsp3) is 0.0833. The van der Waals surface area contributed by atoms with Gasteiger partial charge >= 0.3 is 5.69 Å². The van der Waals surface area contributed by atoms with Crippen LogP contribution in [0.3, 0.4) is 0 Å². The van der Waals surface area contributed by atoms with E-state index in [0.29, 0.717) is 17.0 Å². The number of benzene rings is 1. The Morgan fingerprint density at radius 2 is 1.81 bits per heavy atom. The average Bonchev–Trinajstić information content (AvgIpc) is 2.54. The van der Waals surface area contributed by atoms with E-state index in [-0.39, 0.29) is 11.4 Å². The molecule has 2 aliphatic rings. The number of aromatic amines is 2. The van der Waals surface area contributed by atoms with Crippen molar-refractivity contribution in [3.05, 3.63) is 40.4 Å². The molecule has 3 rings (SSSR count). The van der Waals surface area contributed by atoms with Crippen molar-refractivity contribution < 1.29 is 5.11 Å². The van der Waals surface area contributed by atoms with Crippen LogP contribution in [0.5, 0.6) is 5.75 Å². The molecule has 0 saturated heterocycles. The van der Waals surface area contributed by atoms with E-state index in [4.69, 9.17) is 0 Å². The van der Waals surface area contributed by atoms with Crippen molar-refractivity contribution in [1.82, 2.24) is 9.97 Å². The Labute approximate surface area is 90.9 Å². The third-order valence-electron chi connectivity index (χ3n) is 2.85. The van der Waals surface area contributed by atoms with Crippen LogP contribution in [-0.4, -0.2) is 15.1 Å². The van der Waals surface area contributed by atoms with Gasteiger partial charge in [0, 0.05) is 16.5 Å². The summed E-state index contributed by atoms with van der Waals surface area (Å²) < 4.78 is 0. The van der Waals surface area contributed by atoms with Crippen LogP contribution in [0.4, 0.5) is 0 Å². The molecule has 3 N–H and O–H groups in total. The average molecular weight is 214 g/mol. The summed E-state index contributed by atoms with van der Waals surface area (Å²) >= 11 is 0. The monoisotopic (exact) mass is 214 g/mol. The molecule has 0 unspecified atom stereocenters. The lowest BCUT2D eigenvalue weighted by molar-refractivity contribution is 0.484. The second-order valence-corrected chi connectivity index (χ2v) is 3.85. The molecule has 0 fully saturated rings. The van der Waals surface area contributed by atoms with Gasteiger partial charge in [-0.1, -0.05) is 24.3 Å². The lowest BCUT2D eigenvalue weighted by atomic mass is 10.1. The Bertz CT molecular complexity index is 709. The Kier molecular flexibility index (Phi) is 1.63. The van der Waals surface area contributed by atoms with Crippen molar-refractivity contribution in [3.63, 3.8) is 0 Å². The fourth-order valence-electron chi connectivity index (χ4n) is 2.17. The van der Waals surface area contributed by atoms with E-state index in [1.165, 1.54) is 0 Å². The number of hydrogen-bond donors (Lipinski definition) is 3. The van der Waals surface area contributed by atoms with Crippen LogP contribution >= 0.6 is 0 Å². The van der Waals surface area contributed by atoms with Crippen molar-refractivity contribution in [2.45, 2.75) is 6.92 Å². The zero-order valence-corrected chi connectivity index (χ0v) is 8.66. The third-order valence-corrected chi connectivity index (χ3v) is 2.85. The van der Waals surface area contributed by atoms with Gasteiger partial charge in [0.2, 0.25) is 0 Å². The number of aromatic nitrogens is 2. The smallest absolute Gasteiger partial charge is 0.323 e. The zero-order valence-electron chi connectivity index (χ0n) is 8.66. The highest BCUT2D eigenvalue weighted by Crippen LogP contribution is 2.42. The lowest BCUT2D eigenvalue weighted by Gasteiger charge is -2.03. The van der Waals surface area contributed by atoms with E-state index in [9.17, 15) is 9.90 Å². The predicted molar refractivity (Wildman–Crippen MR) is 61.9 cm³/mol. The Balaban J connectivity index is 2.65. The fourth-order valence-corrected chi connectivity index (χ4v) is 2.17. The summed E-state index contributed by atoms with van der Waals surface area (Å²) in [4.78, 5) is 16.7. The van der Waals surface area contributed by atoms with Crippen molar-refractivity contribution >= 4 is 10.8 Å². The van der Waals surface area contributed by atoms with E-state index >= 15 is 0 Å². The van der Waals surface area contributed by atoms with Crippen LogP contribution in [0.2, 0.25) is 0 Å². The maximum Gasteiger partial charge on any atom is 0.323 e. The van der Waals surface area contributed by atoms with Gasteiger partial charge in [0.25, 0.3) is 0 Å². The quantitative estimate of drug-likeness (QED) is 0.535. The van der Waals surface area contributed by atoms with Gasteiger partial charge in [-0.25, -0.2) is 4.79 Å². The van der Waals surface area contributed by atoms with Gasteiger partial charge in [-0.3, -0.25) is 0 Å². The van der Waals surface area contributed by atoms with Crippen LogP contribution in [0, 0.1) is 6.92 Å². The lowest BCUT2D eigenvalue weighted by Crippen LogP contribution is -2.13. The largest absolute Gasteiger partial charge is 0.507 e. The first kappa shape index (κ1) is 9.03. The van der Waals surface area contributed by atoms with Gasteiger partial charge in [-0.05, 0) is 6.92 Å². The molecule has 80 valence electrons. The standard InChI is InChI=1S/C12H10N2O2/c1-6-9-10(14-12(16)13-6)7-4-2-3-5-8(7)11(9)15/h2-5,15H,1H3,(H2,13,14,16). The highest BCUT2D eigenvalue weighted by atomic mass is 16.3. The van der Waals surface area contributed by atoms with E-state index in [1.807, 2.05) is 24.3 Å². The molecule has 1 aromatic rings. The summed E-state index contributed by atoms with van der Waals surface area (Å²) in [6.07, 6.45) is 0. The number of rotatable bonds is 0. The highest BCUT2D eigenvalue weighted by Gasteiger charge is 2.19. The number of fused-ring (bicyclic) bond motifs is 3. The minimum Gasteiger partial charge on any atom is -0.507 e. The third kappa shape index (κ3) is 1.01. The van der Waals surface area contributed by atoms with E-state index < -0.39 is 0 Å². The van der Waals surface area contributed by atoms with Crippen LogP contribution in [0.25, 0.3) is 22.0 Å². The molecule has 4 nitrogen and oxygen atoms in total. The number of H-pyrrole nitrogens is 2. The number of aryl methyl sites for hydroxylation is 1. The molecule has 0 amide bonds. The van der Waals surface area contributed by atoms with Crippen LogP contribution < -0.4 is 5.69 Å². The molecule has 0 aromatic heterocycles. The Morgan fingerprint density at radius 3 is 2.56 bits per heavy atom. The Hall–Kier alpha value is -2.23. The first-order chi connectivity index (χ1) is 7.68. The molecular weight excluding hydrogens is 204 g/mol. The SMILES string of the molecule is Cc1[nH]c(=O)[nH]c2c3ccccc3c(O)c1-2. The molecule has 1 aliphatic carbocycles. The molecule has 0 saturated carbocycles. The minimum atomic E-state index is -0.263. The number of nitrogens with one attached hydrogen (secondary N) is 2. The normalized spacial score (nSPS) is 11.3. The number of hydrogen-bond acceptors (Lipinski definition) is 2. The molecular formula is C12H10N2O2. The topological polar surface area (TPSA) is 68.9 Å². The van der Waals surface area contributed by atoms with Gasteiger partial charge in [0.05, 0.1) is 11.3 Å². The second kappa shape index (κ2) is 2.88. The highest BCUT2D eigenvalue weighted by molar-refractivity contribution is 6.07. The summed E-state index contributed by atoms with van der Waals surface area (Å²) in [6, 6.07) is 7.46. The van der Waals surface area contributed by atoms with E-state index in [0.717, 1.165) is 10.8 Å². The molecule has 1 aliphatic heterocycles. The zero-order chi connectivity index (χ0) is 11.3. The van der Waals surface area contributed by atoms with Crippen LogP contribution in [0.1, 0.15) is 5.69 Å². The first-order valence-electron chi connectivity index (χ1n) is 5.01. The molecule has 4 heteroatoms. The molecule has 1 heterocycles. The van der Waals surface area contributed by atoms with E-state index in [2.05, 4.69) is 9.97 Å². The minimum absolute atomic E-state index is 0.218. The molecule has 1 aromatic carbocycles. The summed E-state index contributed by atoms with van der Waals surface area (Å²) in [7, 11) is 0. The maximum absolute atomic E-state index is 11.4. The van der Waals surface area contributed by atoms with Crippen molar-refractivity contribution in [3.8, 4) is 17.0 Å². The summed E-state index contributed by atoms with van der Waals surface area (Å²) in [5.41, 5.74) is 1.78. The molecule has 0 radical (unpaired) electrons. The van der Waals surface area contributed by atoms with Crippen molar-refractivity contribution in [2.24, 2.45) is 0 Å². The molecule has 16 heavy (non-hydrogen) atoms. The first-order valence-corrected chi connectivity index (χ1v) is 5.01. The molecule has 0 spiro atoms. The maximum atomic E-state index is 11.4. The van der Waals surface area contributed by atoms with Gasteiger partial charge in [-0.2, -0.15) is 0 Å². The predicted octanol–water partition coefficient (Wildman–Crippen LogP) is 1.98. The summed E-state index contributed by atoms with van der Waals surface area (Å²) in [5.74, 6) is 0.218. The van der Waals surface area contributed by atoms with Gasteiger partial charge in [0.15, 0.2) is 0 Å². The van der Waals surface area contributed by atoms with Crippen LogP contribution in [0.15, 0.2) is 29.1 Å². The Morgan fingerprint density at radius 1 is 1.12 bits per heavy atom. The van der Waals surface area contributed by atoms with Gasteiger partial charge in [0.1, 0.15) is 5.75 Å². The number of aromatic hydroxyl groups is 1. The molecule has 0 bridgehead atoms. The van der Waals surface area contributed by atoms with Crippen molar-refractivity contribution in [1.29, 1.82) is 0 Å².